The standard InChI is InChI=1S/C45H62O4.C3H5Br/c1-11-12-14-30(2)29-48-39(47)45-24-13-15-35(45)34-20-21-37-42(8)25-22-33(31-16-18-32(19-17-31)38(46)49-40(3,4)5)41(6,7)36(42)23-26-44(37,10)43(34,9)27-28-45;1-2-3-4/h11-12,14,16-19,22,34-37H,1-2,13,15,20-21,23-29H2,3-10H3;2H,1,3H2/b14-12-;/t34?,35-,36?,37?,42?,43-,44?,45?;/m1./s1. The van der Waals surface area contributed by atoms with Gasteiger partial charge in [-0.25, -0.2) is 4.79 Å². The lowest BCUT2D eigenvalue weighted by atomic mass is 9.32. The number of carbonyl (C=O) groups excluding carboxylic acids is 2. The summed E-state index contributed by atoms with van der Waals surface area (Å²) >= 11 is 3.13. The van der Waals surface area contributed by atoms with E-state index < -0.39 is 5.60 Å². The van der Waals surface area contributed by atoms with Crippen molar-refractivity contribution in [2.24, 2.45) is 50.7 Å². The molecule has 5 aliphatic carbocycles. The SMILES string of the molecule is C=C/C=C\C(=C)COC(=O)C12CCC[C@@H]1C1CCC3C4(C)CC=C(c5ccc(C(=O)OC(C)(C)C)cc5)C(C)(C)C4CCC3(C)[C@]1(C)CC2.C=CCBr. The Hall–Kier alpha value is -2.66. The number of halogens is 1. The average molecular weight is 788 g/mol. The topological polar surface area (TPSA) is 52.6 Å². The summed E-state index contributed by atoms with van der Waals surface area (Å²) in [5, 5.41) is 0.896. The highest BCUT2D eigenvalue weighted by atomic mass is 79.9. The molecule has 6 rings (SSSR count). The van der Waals surface area contributed by atoms with Crippen molar-refractivity contribution in [3.05, 3.63) is 91.1 Å². The van der Waals surface area contributed by atoms with Gasteiger partial charge < -0.3 is 9.47 Å². The van der Waals surface area contributed by atoms with Crippen molar-refractivity contribution < 1.29 is 19.1 Å². The summed E-state index contributed by atoms with van der Waals surface area (Å²) in [6.07, 6.45) is 21.2. The Bertz CT molecular complexity index is 1620. The van der Waals surface area contributed by atoms with Crippen molar-refractivity contribution in [2.45, 2.75) is 125 Å². The number of benzene rings is 1. The molecule has 0 N–H and O–H groups in total. The van der Waals surface area contributed by atoms with Gasteiger partial charge in [0.15, 0.2) is 0 Å². The first-order chi connectivity index (χ1) is 24.8. The van der Waals surface area contributed by atoms with Crippen LogP contribution in [-0.2, 0) is 14.3 Å². The van der Waals surface area contributed by atoms with E-state index in [0.717, 1.165) is 49.4 Å². The predicted octanol–water partition coefficient (Wildman–Crippen LogP) is 12.9. The largest absolute Gasteiger partial charge is 0.460 e. The molecule has 8 atom stereocenters. The molecule has 53 heavy (non-hydrogen) atoms. The molecule has 0 aromatic heterocycles. The molecule has 6 unspecified atom stereocenters. The third-order valence-electron chi connectivity index (χ3n) is 15.1. The predicted molar refractivity (Wildman–Crippen MR) is 224 cm³/mol. The van der Waals surface area contributed by atoms with Crippen molar-refractivity contribution in [3.63, 3.8) is 0 Å². The van der Waals surface area contributed by atoms with Gasteiger partial charge in [0.25, 0.3) is 0 Å². The Morgan fingerprint density at radius 3 is 2.19 bits per heavy atom. The van der Waals surface area contributed by atoms with Crippen LogP contribution in [0, 0.1) is 50.7 Å². The molecule has 4 nitrogen and oxygen atoms in total. The van der Waals surface area contributed by atoms with Gasteiger partial charge in [0.1, 0.15) is 12.2 Å². The van der Waals surface area contributed by atoms with E-state index in [1.807, 2.05) is 45.1 Å². The number of hydrogen-bond acceptors (Lipinski definition) is 4. The van der Waals surface area contributed by atoms with E-state index in [1.54, 1.807) is 12.2 Å². The zero-order valence-corrected chi connectivity index (χ0v) is 35.7. The van der Waals surface area contributed by atoms with Gasteiger partial charge in [-0.3, -0.25) is 4.79 Å². The van der Waals surface area contributed by atoms with E-state index in [1.165, 1.54) is 36.8 Å². The summed E-state index contributed by atoms with van der Waals surface area (Å²) < 4.78 is 11.7. The fourth-order valence-corrected chi connectivity index (χ4v) is 12.7. The minimum absolute atomic E-state index is 0.0152. The summed E-state index contributed by atoms with van der Waals surface area (Å²) in [5.74, 6) is 1.96. The molecule has 0 aliphatic heterocycles. The fourth-order valence-electron chi connectivity index (χ4n) is 12.7. The summed E-state index contributed by atoms with van der Waals surface area (Å²) in [6.45, 7) is 30.1. The van der Waals surface area contributed by atoms with Crippen molar-refractivity contribution in [2.75, 3.05) is 11.9 Å². The Labute approximate surface area is 330 Å². The van der Waals surface area contributed by atoms with E-state index >= 15 is 0 Å². The number of hydrogen-bond donors (Lipinski definition) is 0. The Morgan fingerprint density at radius 2 is 1.57 bits per heavy atom. The Kier molecular flexibility index (Phi) is 12.1. The summed E-state index contributed by atoms with van der Waals surface area (Å²) in [6, 6.07) is 8.13. The quantitative estimate of drug-likeness (QED) is 0.114. The van der Waals surface area contributed by atoms with Crippen LogP contribution in [-0.4, -0.2) is 29.5 Å². The van der Waals surface area contributed by atoms with Crippen molar-refractivity contribution >= 4 is 33.4 Å². The molecular weight excluding hydrogens is 720 g/mol. The van der Waals surface area contributed by atoms with Gasteiger partial charge in [-0.05, 0) is 153 Å². The molecule has 0 radical (unpaired) electrons. The second kappa shape index (κ2) is 15.5. The molecule has 4 saturated carbocycles. The molecule has 0 amide bonds. The Morgan fingerprint density at radius 1 is 0.887 bits per heavy atom. The first-order valence-electron chi connectivity index (χ1n) is 20.2. The molecule has 4 fully saturated rings. The van der Waals surface area contributed by atoms with Crippen LogP contribution in [0.2, 0.25) is 0 Å². The number of ether oxygens (including phenoxy) is 2. The van der Waals surface area contributed by atoms with Crippen molar-refractivity contribution in [1.82, 2.24) is 0 Å². The van der Waals surface area contributed by atoms with Gasteiger partial charge in [-0.2, -0.15) is 0 Å². The van der Waals surface area contributed by atoms with E-state index in [9.17, 15) is 9.59 Å². The fraction of sp³-hybridized carbons (Fsp3) is 0.625. The number of rotatable bonds is 8. The van der Waals surface area contributed by atoms with Crippen LogP contribution < -0.4 is 0 Å². The van der Waals surface area contributed by atoms with Crippen LogP contribution in [0.3, 0.4) is 0 Å². The highest BCUT2D eigenvalue weighted by Gasteiger charge is 2.70. The van der Waals surface area contributed by atoms with Crippen LogP contribution in [0.25, 0.3) is 5.57 Å². The maximum absolute atomic E-state index is 13.9. The van der Waals surface area contributed by atoms with Gasteiger partial charge in [0.05, 0.1) is 11.0 Å². The zero-order valence-electron chi connectivity index (χ0n) is 34.1. The van der Waals surface area contributed by atoms with Gasteiger partial charge in [-0.1, -0.05) is 113 Å². The smallest absolute Gasteiger partial charge is 0.338 e. The van der Waals surface area contributed by atoms with E-state index in [0.29, 0.717) is 29.2 Å². The second-order valence-corrected chi connectivity index (χ2v) is 19.9. The van der Waals surface area contributed by atoms with Crippen LogP contribution in [0.4, 0.5) is 0 Å². The molecule has 0 saturated heterocycles. The number of esters is 2. The first kappa shape index (κ1) is 41.5. The van der Waals surface area contributed by atoms with E-state index in [-0.39, 0.29) is 45.6 Å². The minimum Gasteiger partial charge on any atom is -0.460 e. The number of fused-ring (bicyclic) bond motifs is 7. The summed E-state index contributed by atoms with van der Waals surface area (Å²) in [5.41, 5.74) is 3.89. The summed E-state index contributed by atoms with van der Waals surface area (Å²) in [4.78, 5) is 26.7. The zero-order chi connectivity index (χ0) is 39.0. The highest BCUT2D eigenvalue weighted by Crippen LogP contribution is 2.77. The molecule has 0 spiro atoms. The molecule has 1 aromatic rings. The summed E-state index contributed by atoms with van der Waals surface area (Å²) in [7, 11) is 0. The van der Waals surface area contributed by atoms with Gasteiger partial charge in [0, 0.05) is 5.33 Å². The van der Waals surface area contributed by atoms with Crippen LogP contribution in [0.1, 0.15) is 136 Å². The second-order valence-electron chi connectivity index (χ2n) is 19.2. The molecule has 5 aliphatic rings. The third kappa shape index (κ3) is 7.39. The highest BCUT2D eigenvalue weighted by molar-refractivity contribution is 9.09. The maximum Gasteiger partial charge on any atom is 0.338 e. The van der Waals surface area contributed by atoms with Crippen LogP contribution >= 0.6 is 15.9 Å². The molecule has 0 heterocycles. The normalized spacial score (nSPS) is 35.5. The lowest BCUT2D eigenvalue weighted by Gasteiger charge is -2.72. The average Bonchev–Trinajstić information content (AvgIpc) is 3.55. The third-order valence-corrected chi connectivity index (χ3v) is 15.6. The Balaban J connectivity index is 0.00000129. The molecule has 290 valence electrons. The van der Waals surface area contributed by atoms with Gasteiger partial charge in [0.2, 0.25) is 0 Å². The first-order valence-corrected chi connectivity index (χ1v) is 21.3. The van der Waals surface area contributed by atoms with Crippen LogP contribution in [0.5, 0.6) is 0 Å². The molecule has 5 heteroatoms. The molecule has 1 aromatic carbocycles. The minimum atomic E-state index is -0.511. The van der Waals surface area contributed by atoms with E-state index in [2.05, 4.69) is 88.5 Å². The van der Waals surface area contributed by atoms with Gasteiger partial charge in [-0.15, -0.1) is 6.58 Å². The number of carbonyl (C=O) groups is 2. The molecular formula is C48H67BrO4. The van der Waals surface area contributed by atoms with Crippen molar-refractivity contribution in [1.29, 1.82) is 0 Å². The molecule has 0 bridgehead atoms. The monoisotopic (exact) mass is 786 g/mol. The number of alkyl halides is 1. The van der Waals surface area contributed by atoms with Crippen molar-refractivity contribution in [3.8, 4) is 0 Å². The lowest BCUT2D eigenvalue weighted by molar-refractivity contribution is -0.226. The van der Waals surface area contributed by atoms with E-state index in [4.69, 9.17) is 9.47 Å². The van der Waals surface area contributed by atoms with Gasteiger partial charge >= 0.3 is 11.9 Å². The lowest BCUT2D eigenvalue weighted by Crippen LogP contribution is -2.65. The maximum atomic E-state index is 13.9. The number of allylic oxidation sites excluding steroid dienone is 5. The van der Waals surface area contributed by atoms with Crippen LogP contribution in [0.15, 0.2) is 80.0 Å².